The number of nitrogens with zero attached hydrogens (tertiary/aromatic N) is 2. The van der Waals surface area contributed by atoms with Crippen molar-refractivity contribution in [2.75, 3.05) is 9.96 Å². The number of benzene rings is 3. The topological polar surface area (TPSA) is 32.8 Å². The summed E-state index contributed by atoms with van der Waals surface area (Å²) in [7, 11) is 0. The van der Waals surface area contributed by atoms with Crippen molar-refractivity contribution in [3.8, 4) is 0 Å². The van der Waals surface area contributed by atoms with E-state index in [1.54, 1.807) is 36.4 Å². The molecule has 0 saturated carbocycles. The fraction of sp³-hybridized carbons (Fsp3) is 0.0500. The maximum Gasteiger partial charge on any atom is 0.440 e. The van der Waals surface area contributed by atoms with Crippen LogP contribution in [-0.4, -0.2) is 6.09 Å². The van der Waals surface area contributed by atoms with Gasteiger partial charge < -0.3 is 4.84 Å². The Labute approximate surface area is 154 Å². The van der Waals surface area contributed by atoms with Crippen molar-refractivity contribution in [3.63, 3.8) is 0 Å². The van der Waals surface area contributed by atoms with Crippen LogP contribution in [-0.2, 0) is 4.84 Å². The van der Waals surface area contributed by atoms with Crippen molar-refractivity contribution >= 4 is 29.1 Å². The SMILES string of the molecule is O=C1ON(c2ccccc2)C(c2ccc(F)cc2)N1c1ccc(Cl)cc1. The first-order valence-corrected chi connectivity index (χ1v) is 8.38. The lowest BCUT2D eigenvalue weighted by Gasteiger charge is -2.27. The van der Waals surface area contributed by atoms with Crippen molar-refractivity contribution in [3.05, 3.63) is 95.3 Å². The number of amides is 1. The molecule has 0 radical (unpaired) electrons. The fourth-order valence-corrected chi connectivity index (χ4v) is 3.05. The van der Waals surface area contributed by atoms with Crippen molar-refractivity contribution in [1.82, 2.24) is 0 Å². The quantitative estimate of drug-likeness (QED) is 0.607. The summed E-state index contributed by atoms with van der Waals surface area (Å²) in [5, 5.41) is 2.09. The van der Waals surface area contributed by atoms with E-state index < -0.39 is 12.3 Å². The Morgan fingerprint density at radius 2 is 1.50 bits per heavy atom. The first kappa shape index (κ1) is 16.4. The highest BCUT2D eigenvalue weighted by molar-refractivity contribution is 6.30. The van der Waals surface area contributed by atoms with Crippen LogP contribution in [0, 0.1) is 5.82 Å². The number of rotatable bonds is 3. The summed E-state index contributed by atoms with van der Waals surface area (Å²) < 4.78 is 13.4. The normalized spacial score (nSPS) is 16.7. The molecule has 1 amide bonds. The second-order valence-corrected chi connectivity index (χ2v) is 6.23. The summed E-state index contributed by atoms with van der Waals surface area (Å²) in [6.07, 6.45) is -1.10. The predicted octanol–water partition coefficient (Wildman–Crippen LogP) is 5.56. The van der Waals surface area contributed by atoms with Crippen LogP contribution in [0.25, 0.3) is 0 Å². The molecular weight excluding hydrogens is 355 g/mol. The van der Waals surface area contributed by atoms with Gasteiger partial charge in [0.25, 0.3) is 0 Å². The maximum atomic E-state index is 13.4. The summed E-state index contributed by atoms with van der Waals surface area (Å²) in [5.74, 6) is -0.344. The number of hydrogen-bond donors (Lipinski definition) is 0. The van der Waals surface area contributed by atoms with Crippen LogP contribution in [0.1, 0.15) is 11.7 Å². The van der Waals surface area contributed by atoms with Crippen molar-refractivity contribution < 1.29 is 14.0 Å². The van der Waals surface area contributed by atoms with E-state index in [0.29, 0.717) is 16.4 Å². The van der Waals surface area contributed by atoms with Gasteiger partial charge in [-0.05, 0) is 54.1 Å². The van der Waals surface area contributed by atoms with Crippen LogP contribution >= 0.6 is 11.6 Å². The van der Waals surface area contributed by atoms with Gasteiger partial charge in [0.2, 0.25) is 0 Å². The minimum Gasteiger partial charge on any atom is -0.319 e. The van der Waals surface area contributed by atoms with Gasteiger partial charge in [-0.1, -0.05) is 41.9 Å². The molecule has 1 fully saturated rings. The van der Waals surface area contributed by atoms with Gasteiger partial charge in [-0.3, -0.25) is 0 Å². The average molecular weight is 369 g/mol. The first-order valence-electron chi connectivity index (χ1n) is 8.00. The highest BCUT2D eigenvalue weighted by atomic mass is 35.5. The van der Waals surface area contributed by atoms with Gasteiger partial charge in [0.15, 0.2) is 6.17 Å². The second-order valence-electron chi connectivity index (χ2n) is 5.79. The van der Waals surface area contributed by atoms with Crippen LogP contribution < -0.4 is 9.96 Å². The molecule has 0 N–H and O–H groups in total. The second kappa shape index (κ2) is 6.69. The zero-order valence-corrected chi connectivity index (χ0v) is 14.3. The summed E-state index contributed by atoms with van der Waals surface area (Å²) in [5.41, 5.74) is 2.06. The molecule has 0 bridgehead atoms. The lowest BCUT2D eigenvalue weighted by atomic mass is 10.1. The smallest absolute Gasteiger partial charge is 0.319 e. The van der Waals surface area contributed by atoms with Crippen molar-refractivity contribution in [2.45, 2.75) is 6.17 Å². The monoisotopic (exact) mass is 368 g/mol. The number of hydroxylamine groups is 1. The molecule has 26 heavy (non-hydrogen) atoms. The highest BCUT2D eigenvalue weighted by Gasteiger charge is 2.42. The Kier molecular flexibility index (Phi) is 4.22. The minimum absolute atomic E-state index is 0.344. The van der Waals surface area contributed by atoms with Crippen LogP contribution in [0.2, 0.25) is 5.02 Å². The molecule has 130 valence electrons. The molecule has 0 aromatic heterocycles. The number of carbonyl (C=O) groups is 1. The van der Waals surface area contributed by atoms with E-state index in [9.17, 15) is 9.18 Å². The molecular formula is C20H14ClFN2O2. The standard InChI is InChI=1S/C20H14ClFN2O2/c21-15-8-12-17(13-9-15)23-19(14-6-10-16(22)11-7-14)24(26-20(23)25)18-4-2-1-3-5-18/h1-13,19H. The molecule has 4 rings (SSSR count). The Morgan fingerprint density at radius 1 is 0.846 bits per heavy atom. The number of anilines is 2. The molecule has 6 heteroatoms. The minimum atomic E-state index is -0.577. The number of hydrogen-bond acceptors (Lipinski definition) is 3. The van der Waals surface area contributed by atoms with E-state index in [-0.39, 0.29) is 5.82 Å². The Bertz CT molecular complexity index is 917. The molecule has 1 unspecified atom stereocenters. The third-order valence-corrected chi connectivity index (χ3v) is 4.38. The maximum absolute atomic E-state index is 13.4. The van der Waals surface area contributed by atoms with Crippen LogP contribution in [0.3, 0.4) is 0 Å². The Morgan fingerprint density at radius 3 is 2.15 bits per heavy atom. The zero-order chi connectivity index (χ0) is 18.1. The third kappa shape index (κ3) is 2.97. The molecule has 1 atom stereocenters. The lowest BCUT2D eigenvalue weighted by Crippen LogP contribution is -2.31. The van der Waals surface area contributed by atoms with Crippen molar-refractivity contribution in [2.24, 2.45) is 0 Å². The van der Waals surface area contributed by atoms with Gasteiger partial charge >= 0.3 is 6.09 Å². The summed E-state index contributed by atoms with van der Waals surface area (Å²) in [4.78, 5) is 19.7. The van der Waals surface area contributed by atoms with Crippen LogP contribution in [0.15, 0.2) is 78.9 Å². The van der Waals surface area contributed by atoms with Gasteiger partial charge in [0, 0.05) is 10.7 Å². The van der Waals surface area contributed by atoms with E-state index in [1.165, 1.54) is 22.1 Å². The summed E-state index contributed by atoms with van der Waals surface area (Å²) in [6.45, 7) is 0. The fourth-order valence-electron chi connectivity index (χ4n) is 2.92. The molecule has 3 aromatic rings. The lowest BCUT2D eigenvalue weighted by molar-refractivity contribution is 0.164. The molecule has 1 aliphatic heterocycles. The molecule has 4 nitrogen and oxygen atoms in total. The molecule has 0 aliphatic carbocycles. The first-order chi connectivity index (χ1) is 12.6. The highest BCUT2D eigenvalue weighted by Crippen LogP contribution is 2.39. The third-order valence-electron chi connectivity index (χ3n) is 4.12. The van der Waals surface area contributed by atoms with Gasteiger partial charge in [-0.25, -0.2) is 14.1 Å². The Balaban J connectivity index is 1.82. The van der Waals surface area contributed by atoms with E-state index in [1.807, 2.05) is 30.3 Å². The number of para-hydroxylation sites is 1. The molecule has 1 saturated heterocycles. The molecule has 0 spiro atoms. The summed E-state index contributed by atoms with van der Waals surface area (Å²) in [6, 6.07) is 22.2. The van der Waals surface area contributed by atoms with E-state index in [4.69, 9.17) is 16.4 Å². The average Bonchev–Trinajstić information content (AvgIpc) is 3.01. The van der Waals surface area contributed by atoms with Crippen LogP contribution in [0.4, 0.5) is 20.6 Å². The predicted molar refractivity (Wildman–Crippen MR) is 98.5 cm³/mol. The van der Waals surface area contributed by atoms with Crippen LogP contribution in [0.5, 0.6) is 0 Å². The number of halogens is 2. The largest absolute Gasteiger partial charge is 0.440 e. The molecule has 1 heterocycles. The van der Waals surface area contributed by atoms with Gasteiger partial charge in [-0.15, -0.1) is 0 Å². The van der Waals surface area contributed by atoms with E-state index >= 15 is 0 Å². The van der Waals surface area contributed by atoms with Gasteiger partial charge in [0.05, 0.1) is 5.69 Å². The molecule has 3 aromatic carbocycles. The van der Waals surface area contributed by atoms with Gasteiger partial charge in [0.1, 0.15) is 5.82 Å². The summed E-state index contributed by atoms with van der Waals surface area (Å²) >= 11 is 5.96. The molecule has 1 aliphatic rings. The van der Waals surface area contributed by atoms with Crippen molar-refractivity contribution in [1.29, 1.82) is 0 Å². The van der Waals surface area contributed by atoms with Gasteiger partial charge in [-0.2, -0.15) is 5.06 Å². The number of carbonyl (C=O) groups excluding carboxylic acids is 1. The van der Waals surface area contributed by atoms with E-state index in [2.05, 4.69) is 0 Å². The van der Waals surface area contributed by atoms with E-state index in [0.717, 1.165) is 5.56 Å². The Hall–Kier alpha value is -3.05. The zero-order valence-electron chi connectivity index (χ0n) is 13.5.